The number of carbonyl (C=O) groups is 1. The Hall–Kier alpha value is -3.47. The maximum absolute atomic E-state index is 12.0. The lowest BCUT2D eigenvalue weighted by Crippen LogP contribution is -2.25. The first kappa shape index (κ1) is 18.9. The highest BCUT2D eigenvalue weighted by molar-refractivity contribution is 5.78. The van der Waals surface area contributed by atoms with Crippen LogP contribution in [0.5, 0.6) is 5.75 Å². The van der Waals surface area contributed by atoms with E-state index in [1.165, 1.54) is 5.56 Å². The molecule has 2 aromatic carbocycles. The van der Waals surface area contributed by atoms with E-state index in [9.17, 15) is 4.79 Å². The SMILES string of the molecule is CC(C)(C)C(=O)Oc1ccc(-c2nc3ccn(Cc4ccccc4)cc-3n2)cc1. The largest absolute Gasteiger partial charge is 0.426 e. The fourth-order valence-electron chi connectivity index (χ4n) is 2.91. The number of nitrogens with zero attached hydrogens (tertiary/aromatic N) is 3. The molecule has 0 amide bonds. The predicted molar refractivity (Wildman–Crippen MR) is 113 cm³/mol. The molecule has 4 rings (SSSR count). The van der Waals surface area contributed by atoms with Crippen molar-refractivity contribution in [2.75, 3.05) is 0 Å². The monoisotopic (exact) mass is 385 g/mol. The van der Waals surface area contributed by atoms with Gasteiger partial charge in [-0.25, -0.2) is 9.97 Å². The van der Waals surface area contributed by atoms with Gasteiger partial charge in [-0.3, -0.25) is 4.79 Å². The summed E-state index contributed by atoms with van der Waals surface area (Å²) in [6.45, 7) is 6.28. The number of imidazole rings is 1. The first-order valence-corrected chi connectivity index (χ1v) is 9.59. The van der Waals surface area contributed by atoms with Crippen molar-refractivity contribution in [1.82, 2.24) is 14.5 Å². The molecule has 2 aliphatic heterocycles. The Balaban J connectivity index is 1.54. The van der Waals surface area contributed by atoms with Gasteiger partial charge in [-0.1, -0.05) is 30.3 Å². The van der Waals surface area contributed by atoms with Crippen molar-refractivity contribution < 1.29 is 9.53 Å². The van der Waals surface area contributed by atoms with E-state index in [-0.39, 0.29) is 5.97 Å². The molecule has 0 aromatic heterocycles. The number of ether oxygens (including phenoxy) is 1. The van der Waals surface area contributed by atoms with E-state index >= 15 is 0 Å². The third-order valence-electron chi connectivity index (χ3n) is 4.57. The lowest BCUT2D eigenvalue weighted by Gasteiger charge is -2.16. The number of carbonyl (C=O) groups excluding carboxylic acids is 1. The lowest BCUT2D eigenvalue weighted by molar-refractivity contribution is -0.142. The summed E-state index contributed by atoms with van der Waals surface area (Å²) >= 11 is 0. The van der Waals surface area contributed by atoms with Crippen LogP contribution in [0.2, 0.25) is 0 Å². The van der Waals surface area contributed by atoms with Gasteiger partial charge >= 0.3 is 5.97 Å². The van der Waals surface area contributed by atoms with Gasteiger partial charge in [0.05, 0.1) is 11.1 Å². The fourth-order valence-corrected chi connectivity index (χ4v) is 2.91. The molecule has 29 heavy (non-hydrogen) atoms. The molecular formula is C24H23N3O2. The Morgan fingerprint density at radius 2 is 1.62 bits per heavy atom. The summed E-state index contributed by atoms with van der Waals surface area (Å²) in [7, 11) is 0. The average molecular weight is 385 g/mol. The minimum absolute atomic E-state index is 0.261. The molecule has 0 fully saturated rings. The number of hydrogen-bond acceptors (Lipinski definition) is 4. The smallest absolute Gasteiger partial charge is 0.316 e. The van der Waals surface area contributed by atoms with Crippen LogP contribution in [0.15, 0.2) is 73.1 Å². The van der Waals surface area contributed by atoms with Crippen LogP contribution in [0.4, 0.5) is 0 Å². The average Bonchev–Trinajstić information content (AvgIpc) is 3.12. The van der Waals surface area contributed by atoms with E-state index in [0.717, 1.165) is 23.5 Å². The zero-order valence-electron chi connectivity index (χ0n) is 16.8. The van der Waals surface area contributed by atoms with Gasteiger partial charge in [0.1, 0.15) is 11.4 Å². The molecular weight excluding hydrogens is 362 g/mol. The van der Waals surface area contributed by atoms with Crippen LogP contribution >= 0.6 is 0 Å². The Bertz CT molecular complexity index is 1090. The van der Waals surface area contributed by atoms with Gasteiger partial charge in [0, 0.05) is 24.5 Å². The highest BCUT2D eigenvalue weighted by Crippen LogP contribution is 2.27. The summed E-state index contributed by atoms with van der Waals surface area (Å²) in [5, 5.41) is 0. The number of rotatable bonds is 4. The highest BCUT2D eigenvalue weighted by atomic mass is 16.5. The van der Waals surface area contributed by atoms with Crippen LogP contribution in [0.25, 0.3) is 22.8 Å². The second kappa shape index (κ2) is 7.51. The van der Waals surface area contributed by atoms with Gasteiger partial charge in [0.15, 0.2) is 5.82 Å². The van der Waals surface area contributed by atoms with Gasteiger partial charge < -0.3 is 9.30 Å². The van der Waals surface area contributed by atoms with Crippen LogP contribution in [-0.4, -0.2) is 20.5 Å². The van der Waals surface area contributed by atoms with Crippen molar-refractivity contribution in [2.24, 2.45) is 5.41 Å². The summed E-state index contributed by atoms with van der Waals surface area (Å²) in [5.41, 5.74) is 3.28. The number of benzene rings is 2. The van der Waals surface area contributed by atoms with E-state index in [1.807, 2.05) is 69.6 Å². The van der Waals surface area contributed by atoms with E-state index in [4.69, 9.17) is 4.74 Å². The van der Waals surface area contributed by atoms with Gasteiger partial charge in [-0.05, 0) is 56.7 Å². The molecule has 5 heteroatoms. The van der Waals surface area contributed by atoms with Crippen molar-refractivity contribution in [3.05, 3.63) is 78.6 Å². The molecule has 2 aromatic rings. The summed E-state index contributed by atoms with van der Waals surface area (Å²) < 4.78 is 7.52. The molecule has 2 heterocycles. The summed E-state index contributed by atoms with van der Waals surface area (Å²) in [6.07, 6.45) is 4.03. The first-order valence-electron chi connectivity index (χ1n) is 9.59. The highest BCUT2D eigenvalue weighted by Gasteiger charge is 2.23. The maximum atomic E-state index is 12.0. The topological polar surface area (TPSA) is 57.0 Å². The Morgan fingerprint density at radius 1 is 0.931 bits per heavy atom. The molecule has 0 radical (unpaired) electrons. The normalized spacial score (nSPS) is 11.6. The second-order valence-corrected chi connectivity index (χ2v) is 8.08. The van der Waals surface area contributed by atoms with E-state index < -0.39 is 5.41 Å². The molecule has 146 valence electrons. The van der Waals surface area contributed by atoms with Crippen LogP contribution in [-0.2, 0) is 11.3 Å². The Kier molecular flexibility index (Phi) is 4.89. The second-order valence-electron chi connectivity index (χ2n) is 8.08. The van der Waals surface area contributed by atoms with Gasteiger partial charge in [-0.15, -0.1) is 0 Å². The van der Waals surface area contributed by atoms with Gasteiger partial charge in [-0.2, -0.15) is 0 Å². The predicted octanol–water partition coefficient (Wildman–Crippen LogP) is 5.05. The lowest BCUT2D eigenvalue weighted by atomic mass is 9.97. The first-order chi connectivity index (χ1) is 13.9. The van der Waals surface area contributed by atoms with Crippen molar-refractivity contribution in [3.63, 3.8) is 0 Å². The zero-order chi connectivity index (χ0) is 20.4. The van der Waals surface area contributed by atoms with Crippen molar-refractivity contribution in [3.8, 4) is 28.5 Å². The van der Waals surface area contributed by atoms with Crippen molar-refractivity contribution in [1.29, 1.82) is 0 Å². The quantitative estimate of drug-likeness (QED) is 0.364. The summed E-state index contributed by atoms with van der Waals surface area (Å²) in [5.74, 6) is 0.917. The van der Waals surface area contributed by atoms with Crippen LogP contribution < -0.4 is 4.74 Å². The van der Waals surface area contributed by atoms with Gasteiger partial charge in [0.2, 0.25) is 0 Å². The molecule has 0 unspecified atom stereocenters. The third kappa shape index (κ3) is 4.35. The molecule has 0 saturated heterocycles. The van der Waals surface area contributed by atoms with Crippen LogP contribution in [0, 0.1) is 5.41 Å². The zero-order valence-corrected chi connectivity index (χ0v) is 16.8. The molecule has 0 atom stereocenters. The summed E-state index contributed by atoms with van der Waals surface area (Å²) in [6, 6.07) is 19.6. The molecule has 0 saturated carbocycles. The van der Waals surface area contributed by atoms with E-state index in [1.54, 1.807) is 12.1 Å². The molecule has 0 bridgehead atoms. The van der Waals surface area contributed by atoms with E-state index in [0.29, 0.717) is 11.6 Å². The molecule has 0 N–H and O–H groups in total. The molecule has 0 spiro atoms. The van der Waals surface area contributed by atoms with Crippen LogP contribution in [0.1, 0.15) is 26.3 Å². The number of fused-ring (bicyclic) bond motifs is 1. The maximum Gasteiger partial charge on any atom is 0.316 e. The number of esters is 1. The number of hydrogen-bond donors (Lipinski definition) is 0. The molecule has 5 nitrogen and oxygen atoms in total. The Morgan fingerprint density at radius 3 is 2.31 bits per heavy atom. The standard InChI is InChI=1S/C24H23N3O2/c1-24(2,3)23(28)29-19-11-9-18(10-12-19)22-25-20-13-14-27(16-21(20)26-22)15-17-7-5-4-6-8-17/h4-14,16H,15H2,1-3H3. The van der Waals surface area contributed by atoms with E-state index in [2.05, 4.69) is 26.7 Å². The number of pyridine rings is 1. The van der Waals surface area contributed by atoms with Gasteiger partial charge in [0.25, 0.3) is 0 Å². The summed E-state index contributed by atoms with van der Waals surface area (Å²) in [4.78, 5) is 21.3. The fraction of sp³-hybridized carbons (Fsp3) is 0.208. The van der Waals surface area contributed by atoms with Crippen molar-refractivity contribution >= 4 is 5.97 Å². The third-order valence-corrected chi connectivity index (χ3v) is 4.57. The number of aromatic nitrogens is 3. The van der Waals surface area contributed by atoms with Crippen molar-refractivity contribution in [2.45, 2.75) is 27.3 Å². The Labute approximate surface area is 170 Å². The molecule has 0 aliphatic carbocycles. The minimum atomic E-state index is -0.541. The minimum Gasteiger partial charge on any atom is -0.426 e. The van der Waals surface area contributed by atoms with Crippen LogP contribution in [0.3, 0.4) is 0 Å². The molecule has 2 aliphatic rings.